The van der Waals surface area contributed by atoms with Gasteiger partial charge in [-0.15, -0.1) is 0 Å². The summed E-state index contributed by atoms with van der Waals surface area (Å²) in [4.78, 5) is 2.26. The number of nitrogens with zero attached hydrogens (tertiary/aromatic N) is 1. The normalized spacial score (nSPS) is 15.4. The molecule has 2 rings (SSSR count). The highest BCUT2D eigenvalue weighted by atomic mass is 79.9. The van der Waals surface area contributed by atoms with Crippen LogP contribution in [0.3, 0.4) is 0 Å². The fourth-order valence-electron chi connectivity index (χ4n) is 1.40. The van der Waals surface area contributed by atoms with Gasteiger partial charge in [0.05, 0.1) is 5.69 Å². The third-order valence-corrected chi connectivity index (χ3v) is 2.97. The summed E-state index contributed by atoms with van der Waals surface area (Å²) < 4.78 is 1.10. The van der Waals surface area contributed by atoms with Gasteiger partial charge in [0.1, 0.15) is 0 Å². The Morgan fingerprint density at radius 1 is 1.23 bits per heavy atom. The van der Waals surface area contributed by atoms with Crippen LogP contribution in [0, 0.1) is 0 Å². The predicted octanol–water partition coefficient (Wildman–Crippen LogP) is 3.48. The Kier molecular flexibility index (Phi) is 2.61. The van der Waals surface area contributed by atoms with Crippen LogP contribution in [0.25, 0.3) is 0 Å². The molecule has 0 aromatic heterocycles. The smallest absolute Gasteiger partial charge is 0.0531 e. The quantitative estimate of drug-likeness (QED) is 0.697. The molecule has 0 saturated heterocycles. The van der Waals surface area contributed by atoms with Crippen LogP contribution >= 0.6 is 27.5 Å². The standard InChI is InChI=1S/C10H9BrClN/c11-9-4-3-8(12)7-10(9)13-5-1-2-6-13/h1-4,7H,5-6H2. The van der Waals surface area contributed by atoms with Crippen LogP contribution in [-0.4, -0.2) is 13.1 Å². The van der Waals surface area contributed by atoms with Crippen LogP contribution in [0.4, 0.5) is 5.69 Å². The zero-order valence-corrected chi connectivity index (χ0v) is 9.35. The van der Waals surface area contributed by atoms with Gasteiger partial charge in [0, 0.05) is 22.6 Å². The highest BCUT2D eigenvalue weighted by Crippen LogP contribution is 2.30. The lowest BCUT2D eigenvalue weighted by atomic mass is 10.3. The van der Waals surface area contributed by atoms with Crippen molar-refractivity contribution in [2.75, 3.05) is 18.0 Å². The maximum atomic E-state index is 5.93. The molecule has 1 aliphatic heterocycles. The van der Waals surface area contributed by atoms with Gasteiger partial charge in [-0.3, -0.25) is 0 Å². The molecule has 0 N–H and O–H groups in total. The molecular formula is C10H9BrClN. The molecule has 13 heavy (non-hydrogen) atoms. The van der Waals surface area contributed by atoms with Gasteiger partial charge >= 0.3 is 0 Å². The average Bonchev–Trinajstić information content (AvgIpc) is 2.61. The van der Waals surface area contributed by atoms with E-state index in [1.165, 1.54) is 0 Å². The number of hydrogen-bond donors (Lipinski definition) is 0. The van der Waals surface area contributed by atoms with Crippen LogP contribution in [0.1, 0.15) is 0 Å². The monoisotopic (exact) mass is 257 g/mol. The first-order chi connectivity index (χ1) is 6.27. The second kappa shape index (κ2) is 3.72. The van der Waals surface area contributed by atoms with E-state index in [9.17, 15) is 0 Å². The summed E-state index contributed by atoms with van der Waals surface area (Å²) in [5.41, 5.74) is 1.16. The van der Waals surface area contributed by atoms with Crippen LogP contribution in [0.15, 0.2) is 34.8 Å². The van der Waals surface area contributed by atoms with Crippen LogP contribution in [-0.2, 0) is 0 Å². The molecule has 68 valence electrons. The highest BCUT2D eigenvalue weighted by Gasteiger charge is 2.10. The molecule has 1 aromatic carbocycles. The van der Waals surface area contributed by atoms with Crippen molar-refractivity contribution in [2.45, 2.75) is 0 Å². The summed E-state index contributed by atoms with van der Waals surface area (Å²) in [7, 11) is 0. The van der Waals surface area contributed by atoms with E-state index in [0.29, 0.717) is 0 Å². The Morgan fingerprint density at radius 3 is 2.62 bits per heavy atom. The summed E-state index contributed by atoms with van der Waals surface area (Å²) in [5, 5.41) is 0.783. The molecule has 0 fully saturated rings. The SMILES string of the molecule is Clc1ccc(Br)c(N2CC=CC2)c1. The number of halogens is 2. The number of rotatable bonds is 1. The van der Waals surface area contributed by atoms with Crippen molar-refractivity contribution in [1.29, 1.82) is 0 Å². The van der Waals surface area contributed by atoms with E-state index >= 15 is 0 Å². The first kappa shape index (κ1) is 9.10. The molecule has 0 aliphatic carbocycles. The Hall–Kier alpha value is -0.470. The zero-order chi connectivity index (χ0) is 9.26. The molecule has 0 atom stereocenters. The summed E-state index contributed by atoms with van der Waals surface area (Å²) in [6.45, 7) is 1.94. The fraction of sp³-hybridized carbons (Fsp3) is 0.200. The van der Waals surface area contributed by atoms with E-state index in [-0.39, 0.29) is 0 Å². The van der Waals surface area contributed by atoms with Crippen LogP contribution in [0.2, 0.25) is 5.02 Å². The Morgan fingerprint density at radius 2 is 1.92 bits per heavy atom. The van der Waals surface area contributed by atoms with E-state index in [2.05, 4.69) is 33.0 Å². The summed E-state index contributed by atoms with van der Waals surface area (Å²) in [5.74, 6) is 0. The van der Waals surface area contributed by atoms with Gasteiger partial charge in [-0.2, -0.15) is 0 Å². The Bertz CT molecular complexity index is 341. The largest absolute Gasteiger partial charge is 0.363 e. The lowest BCUT2D eigenvalue weighted by molar-refractivity contribution is 1.00. The molecule has 0 spiro atoms. The molecule has 0 unspecified atom stereocenters. The maximum Gasteiger partial charge on any atom is 0.0531 e. The van der Waals surface area contributed by atoms with Crippen LogP contribution in [0.5, 0.6) is 0 Å². The number of benzene rings is 1. The Balaban J connectivity index is 2.33. The molecular weight excluding hydrogens is 249 g/mol. The van der Waals surface area contributed by atoms with Crippen molar-refractivity contribution in [3.05, 3.63) is 39.8 Å². The summed E-state index contributed by atoms with van der Waals surface area (Å²) >= 11 is 9.44. The lowest BCUT2D eigenvalue weighted by Gasteiger charge is -2.19. The zero-order valence-electron chi connectivity index (χ0n) is 7.00. The first-order valence-corrected chi connectivity index (χ1v) is 5.29. The molecule has 3 heteroatoms. The maximum absolute atomic E-state index is 5.93. The molecule has 1 heterocycles. The minimum absolute atomic E-state index is 0.783. The third kappa shape index (κ3) is 1.89. The molecule has 1 nitrogen and oxygen atoms in total. The molecule has 0 bridgehead atoms. The third-order valence-electron chi connectivity index (χ3n) is 2.07. The molecule has 0 saturated carbocycles. The van der Waals surface area contributed by atoms with Crippen LogP contribution < -0.4 is 4.90 Å². The summed E-state index contributed by atoms with van der Waals surface area (Å²) in [6, 6.07) is 5.85. The van der Waals surface area contributed by atoms with Gasteiger partial charge in [-0.25, -0.2) is 0 Å². The van der Waals surface area contributed by atoms with Gasteiger partial charge in [-0.05, 0) is 34.1 Å². The molecule has 0 radical (unpaired) electrons. The van der Waals surface area contributed by atoms with Gasteiger partial charge in [-0.1, -0.05) is 23.8 Å². The van der Waals surface area contributed by atoms with E-state index in [1.807, 2.05) is 18.2 Å². The van der Waals surface area contributed by atoms with Gasteiger partial charge in [0.25, 0.3) is 0 Å². The predicted molar refractivity (Wildman–Crippen MR) is 60.5 cm³/mol. The van der Waals surface area contributed by atoms with Crippen molar-refractivity contribution >= 4 is 33.2 Å². The van der Waals surface area contributed by atoms with Crippen molar-refractivity contribution < 1.29 is 0 Å². The first-order valence-electron chi connectivity index (χ1n) is 4.12. The second-order valence-corrected chi connectivity index (χ2v) is 4.26. The number of hydrogen-bond acceptors (Lipinski definition) is 1. The van der Waals surface area contributed by atoms with E-state index < -0.39 is 0 Å². The highest BCUT2D eigenvalue weighted by molar-refractivity contribution is 9.10. The fourth-order valence-corrected chi connectivity index (χ4v) is 2.07. The minimum Gasteiger partial charge on any atom is -0.363 e. The van der Waals surface area contributed by atoms with Crippen molar-refractivity contribution in [3.63, 3.8) is 0 Å². The minimum atomic E-state index is 0.783. The van der Waals surface area contributed by atoms with E-state index in [4.69, 9.17) is 11.6 Å². The number of anilines is 1. The van der Waals surface area contributed by atoms with Crippen molar-refractivity contribution in [1.82, 2.24) is 0 Å². The van der Waals surface area contributed by atoms with E-state index in [1.54, 1.807) is 0 Å². The topological polar surface area (TPSA) is 3.24 Å². The van der Waals surface area contributed by atoms with Gasteiger partial charge < -0.3 is 4.90 Å². The molecule has 1 aliphatic rings. The average molecular weight is 259 g/mol. The lowest BCUT2D eigenvalue weighted by Crippen LogP contribution is -2.18. The van der Waals surface area contributed by atoms with Crippen molar-refractivity contribution in [3.8, 4) is 0 Å². The van der Waals surface area contributed by atoms with Crippen molar-refractivity contribution in [2.24, 2.45) is 0 Å². The molecule has 0 amide bonds. The Labute approximate surface area is 91.1 Å². The van der Waals surface area contributed by atoms with Gasteiger partial charge in [0.2, 0.25) is 0 Å². The van der Waals surface area contributed by atoms with E-state index in [0.717, 1.165) is 28.3 Å². The summed E-state index contributed by atoms with van der Waals surface area (Å²) in [6.07, 6.45) is 4.32. The van der Waals surface area contributed by atoms with Gasteiger partial charge in [0.15, 0.2) is 0 Å². The molecule has 1 aromatic rings. The second-order valence-electron chi connectivity index (χ2n) is 2.97.